The Bertz CT molecular complexity index is 626. The molecule has 0 aromatic heterocycles. The second-order valence-corrected chi connectivity index (χ2v) is 6.44. The lowest BCUT2D eigenvalue weighted by molar-refractivity contribution is -0.118. The van der Waals surface area contributed by atoms with Gasteiger partial charge >= 0.3 is 0 Å². The molecule has 128 valence electrons. The van der Waals surface area contributed by atoms with Crippen LogP contribution in [0.3, 0.4) is 0 Å². The number of methoxy groups -OCH3 is 1. The predicted octanol–water partition coefficient (Wildman–Crippen LogP) is 3.43. The number of benzene rings is 2. The molecule has 0 saturated heterocycles. The highest BCUT2D eigenvalue weighted by Gasteiger charge is 2.02. The molecule has 1 N–H and O–H groups in total. The molecule has 5 heteroatoms. The summed E-state index contributed by atoms with van der Waals surface area (Å²) in [6.07, 6.45) is 0. The molecule has 0 unspecified atom stereocenters. The van der Waals surface area contributed by atoms with E-state index < -0.39 is 0 Å². The van der Waals surface area contributed by atoms with Gasteiger partial charge in [-0.2, -0.15) is 0 Å². The minimum atomic E-state index is 0.0463. The molecule has 0 spiro atoms. The van der Waals surface area contributed by atoms with Crippen molar-refractivity contribution in [3.05, 3.63) is 59.7 Å². The molecule has 0 radical (unpaired) electrons. The SMILES string of the molecule is COc1ccc(OCCSCC(=O)NCc2ccc(C)cc2)cc1. The van der Waals surface area contributed by atoms with Gasteiger partial charge in [-0.05, 0) is 36.8 Å². The summed E-state index contributed by atoms with van der Waals surface area (Å²) in [6.45, 7) is 3.19. The van der Waals surface area contributed by atoms with E-state index in [9.17, 15) is 4.79 Å². The van der Waals surface area contributed by atoms with E-state index in [1.807, 2.05) is 55.5 Å². The number of rotatable bonds is 9. The van der Waals surface area contributed by atoms with Crippen molar-refractivity contribution in [1.29, 1.82) is 0 Å². The highest BCUT2D eigenvalue weighted by Crippen LogP contribution is 2.17. The smallest absolute Gasteiger partial charge is 0.230 e. The highest BCUT2D eigenvalue weighted by molar-refractivity contribution is 7.99. The van der Waals surface area contributed by atoms with Crippen molar-refractivity contribution in [2.45, 2.75) is 13.5 Å². The van der Waals surface area contributed by atoms with Crippen LogP contribution in [-0.2, 0) is 11.3 Å². The first-order valence-electron chi connectivity index (χ1n) is 7.84. The first kappa shape index (κ1) is 18.2. The number of amides is 1. The summed E-state index contributed by atoms with van der Waals surface area (Å²) in [5, 5.41) is 2.93. The molecule has 24 heavy (non-hydrogen) atoms. The second kappa shape index (κ2) is 9.88. The molecule has 2 rings (SSSR count). The molecule has 0 bridgehead atoms. The zero-order chi connectivity index (χ0) is 17.2. The Morgan fingerprint density at radius 2 is 1.71 bits per heavy atom. The molecular formula is C19H23NO3S. The molecule has 4 nitrogen and oxygen atoms in total. The van der Waals surface area contributed by atoms with Crippen LogP contribution in [0.25, 0.3) is 0 Å². The number of thioether (sulfide) groups is 1. The monoisotopic (exact) mass is 345 g/mol. The Hall–Kier alpha value is -2.14. The van der Waals surface area contributed by atoms with Crippen molar-refractivity contribution in [3.63, 3.8) is 0 Å². The van der Waals surface area contributed by atoms with Gasteiger partial charge in [-0.1, -0.05) is 29.8 Å². The molecule has 0 atom stereocenters. The fourth-order valence-electron chi connectivity index (χ4n) is 2.01. The van der Waals surface area contributed by atoms with Crippen LogP contribution in [-0.4, -0.2) is 31.1 Å². The van der Waals surface area contributed by atoms with E-state index in [1.165, 1.54) is 5.56 Å². The molecule has 0 fully saturated rings. The van der Waals surface area contributed by atoms with Crippen molar-refractivity contribution < 1.29 is 14.3 Å². The predicted molar refractivity (Wildman–Crippen MR) is 98.8 cm³/mol. The summed E-state index contributed by atoms with van der Waals surface area (Å²) in [4.78, 5) is 11.8. The third-order valence-corrected chi connectivity index (χ3v) is 4.32. The van der Waals surface area contributed by atoms with Crippen LogP contribution in [0.2, 0.25) is 0 Å². The van der Waals surface area contributed by atoms with E-state index in [2.05, 4.69) is 5.32 Å². The first-order valence-corrected chi connectivity index (χ1v) is 8.99. The number of hydrogen-bond donors (Lipinski definition) is 1. The number of ether oxygens (including phenoxy) is 2. The zero-order valence-electron chi connectivity index (χ0n) is 14.1. The lowest BCUT2D eigenvalue weighted by Gasteiger charge is -2.08. The molecule has 2 aromatic carbocycles. The molecule has 0 heterocycles. The van der Waals surface area contributed by atoms with Crippen molar-refractivity contribution in [2.75, 3.05) is 25.2 Å². The number of nitrogens with one attached hydrogen (secondary N) is 1. The van der Waals surface area contributed by atoms with Crippen molar-refractivity contribution >= 4 is 17.7 Å². The molecule has 0 aliphatic carbocycles. The zero-order valence-corrected chi connectivity index (χ0v) is 14.9. The van der Waals surface area contributed by atoms with Crippen LogP contribution in [0.15, 0.2) is 48.5 Å². The third-order valence-electron chi connectivity index (χ3n) is 3.40. The van der Waals surface area contributed by atoms with E-state index in [0.29, 0.717) is 18.9 Å². The number of carbonyl (C=O) groups excluding carboxylic acids is 1. The van der Waals surface area contributed by atoms with Crippen molar-refractivity contribution in [2.24, 2.45) is 0 Å². The second-order valence-electron chi connectivity index (χ2n) is 5.34. The summed E-state index contributed by atoms with van der Waals surface area (Å²) < 4.78 is 10.7. The van der Waals surface area contributed by atoms with Gasteiger partial charge < -0.3 is 14.8 Å². The van der Waals surface area contributed by atoms with E-state index in [1.54, 1.807) is 18.9 Å². The van der Waals surface area contributed by atoms with Crippen molar-refractivity contribution in [3.8, 4) is 11.5 Å². The van der Waals surface area contributed by atoms with Crippen LogP contribution in [0, 0.1) is 6.92 Å². The Balaban J connectivity index is 1.56. The normalized spacial score (nSPS) is 10.2. The molecule has 0 aliphatic rings. The quantitative estimate of drug-likeness (QED) is 0.707. The van der Waals surface area contributed by atoms with Gasteiger partial charge in [0.25, 0.3) is 0 Å². The van der Waals surface area contributed by atoms with E-state index in [0.717, 1.165) is 22.8 Å². The molecule has 0 saturated carbocycles. The lowest BCUT2D eigenvalue weighted by Crippen LogP contribution is -2.24. The summed E-state index contributed by atoms with van der Waals surface area (Å²) in [7, 11) is 1.64. The van der Waals surface area contributed by atoms with Crippen LogP contribution in [0.5, 0.6) is 11.5 Å². The first-order chi connectivity index (χ1) is 11.7. The van der Waals surface area contributed by atoms with Gasteiger partial charge in [-0.25, -0.2) is 0 Å². The van der Waals surface area contributed by atoms with Crippen LogP contribution in [0.1, 0.15) is 11.1 Å². The van der Waals surface area contributed by atoms with Gasteiger partial charge in [-0.3, -0.25) is 4.79 Å². The fraction of sp³-hybridized carbons (Fsp3) is 0.316. The largest absolute Gasteiger partial charge is 0.497 e. The topological polar surface area (TPSA) is 47.6 Å². The average molecular weight is 345 g/mol. The van der Waals surface area contributed by atoms with E-state index >= 15 is 0 Å². The molecule has 0 aliphatic heterocycles. The highest BCUT2D eigenvalue weighted by atomic mass is 32.2. The maximum Gasteiger partial charge on any atom is 0.230 e. The van der Waals surface area contributed by atoms with Gasteiger partial charge in [0.15, 0.2) is 0 Å². The summed E-state index contributed by atoms with van der Waals surface area (Å²) >= 11 is 1.56. The molecule has 2 aromatic rings. The third kappa shape index (κ3) is 6.54. The Morgan fingerprint density at radius 3 is 2.38 bits per heavy atom. The molecule has 1 amide bonds. The Labute approximate surface area is 147 Å². The standard InChI is InChI=1S/C19H23NO3S/c1-15-3-5-16(6-4-15)13-20-19(21)14-24-12-11-23-18-9-7-17(22-2)8-10-18/h3-10H,11-14H2,1-2H3,(H,20,21). The summed E-state index contributed by atoms with van der Waals surface area (Å²) in [5.74, 6) is 2.87. The van der Waals surface area contributed by atoms with Crippen LogP contribution in [0.4, 0.5) is 0 Å². The van der Waals surface area contributed by atoms with Crippen LogP contribution < -0.4 is 14.8 Å². The Morgan fingerprint density at radius 1 is 1.04 bits per heavy atom. The number of aryl methyl sites for hydroxylation is 1. The average Bonchev–Trinajstić information content (AvgIpc) is 2.61. The number of hydrogen-bond acceptors (Lipinski definition) is 4. The maximum atomic E-state index is 11.8. The molecular weight excluding hydrogens is 322 g/mol. The Kier molecular flexibility index (Phi) is 7.49. The van der Waals surface area contributed by atoms with Gasteiger partial charge in [0.1, 0.15) is 11.5 Å². The van der Waals surface area contributed by atoms with E-state index in [4.69, 9.17) is 9.47 Å². The minimum absolute atomic E-state index is 0.0463. The van der Waals surface area contributed by atoms with Crippen molar-refractivity contribution in [1.82, 2.24) is 5.32 Å². The number of carbonyl (C=O) groups is 1. The van der Waals surface area contributed by atoms with Gasteiger partial charge in [0, 0.05) is 12.3 Å². The fourth-order valence-corrected chi connectivity index (χ4v) is 2.65. The van der Waals surface area contributed by atoms with Crippen LogP contribution >= 0.6 is 11.8 Å². The maximum absolute atomic E-state index is 11.8. The van der Waals surface area contributed by atoms with Gasteiger partial charge in [0.05, 0.1) is 19.5 Å². The summed E-state index contributed by atoms with van der Waals surface area (Å²) in [6, 6.07) is 15.6. The lowest BCUT2D eigenvalue weighted by atomic mass is 10.1. The minimum Gasteiger partial charge on any atom is -0.497 e. The summed E-state index contributed by atoms with van der Waals surface area (Å²) in [5.41, 5.74) is 2.33. The van der Waals surface area contributed by atoms with E-state index in [-0.39, 0.29) is 5.91 Å². The van der Waals surface area contributed by atoms with Gasteiger partial charge in [0.2, 0.25) is 5.91 Å². The van der Waals surface area contributed by atoms with Gasteiger partial charge in [-0.15, -0.1) is 11.8 Å².